The molecule has 1 unspecified atom stereocenters. The van der Waals surface area contributed by atoms with Crippen molar-refractivity contribution >= 4 is 17.5 Å². The number of azo groups is 1. The van der Waals surface area contributed by atoms with Crippen LogP contribution in [0.5, 0.6) is 0 Å². The molecule has 4 rings (SSSR count). The molecular formula is C23H19N3O2. The van der Waals surface area contributed by atoms with E-state index in [1.807, 2.05) is 78.9 Å². The number of carbonyl (C=O) groups excluding carboxylic acids is 2. The molecule has 0 bridgehead atoms. The molecule has 1 N–H and O–H groups in total. The van der Waals surface area contributed by atoms with E-state index in [0.717, 1.165) is 22.3 Å². The van der Waals surface area contributed by atoms with Gasteiger partial charge in [-0.3, -0.25) is 9.59 Å². The zero-order valence-corrected chi connectivity index (χ0v) is 15.2. The van der Waals surface area contributed by atoms with Crippen molar-refractivity contribution in [2.45, 2.75) is 13.0 Å². The van der Waals surface area contributed by atoms with E-state index in [1.165, 1.54) is 0 Å². The fourth-order valence-corrected chi connectivity index (χ4v) is 3.25. The maximum atomic E-state index is 12.2. The van der Waals surface area contributed by atoms with Crippen LogP contribution in [0.3, 0.4) is 0 Å². The second kappa shape index (κ2) is 7.96. The van der Waals surface area contributed by atoms with Gasteiger partial charge >= 0.3 is 0 Å². The summed E-state index contributed by atoms with van der Waals surface area (Å²) in [5, 5.41) is 10.8. The second-order valence-electron chi connectivity index (χ2n) is 6.70. The lowest BCUT2D eigenvalue weighted by Gasteiger charge is -2.19. The first kappa shape index (κ1) is 17.8. The van der Waals surface area contributed by atoms with Gasteiger partial charge < -0.3 is 5.32 Å². The highest BCUT2D eigenvalue weighted by Crippen LogP contribution is 2.33. The molecule has 0 spiro atoms. The molecule has 2 aliphatic rings. The first-order chi connectivity index (χ1) is 13.7. The van der Waals surface area contributed by atoms with Crippen LogP contribution < -0.4 is 5.32 Å². The van der Waals surface area contributed by atoms with Crippen molar-refractivity contribution < 1.29 is 9.59 Å². The summed E-state index contributed by atoms with van der Waals surface area (Å²) in [6.07, 6.45) is 7.79. The van der Waals surface area contributed by atoms with E-state index < -0.39 is 0 Å². The molecule has 1 atom stereocenters. The zero-order valence-electron chi connectivity index (χ0n) is 15.2. The Balaban J connectivity index is 1.43. The van der Waals surface area contributed by atoms with E-state index >= 15 is 0 Å². The van der Waals surface area contributed by atoms with Gasteiger partial charge in [0.15, 0.2) is 0 Å². The van der Waals surface area contributed by atoms with Crippen LogP contribution in [-0.2, 0) is 22.6 Å². The molecule has 28 heavy (non-hydrogen) atoms. The van der Waals surface area contributed by atoms with Gasteiger partial charge in [0.2, 0.25) is 5.91 Å². The number of allylic oxidation sites excluding steroid dienone is 3. The van der Waals surface area contributed by atoms with Gasteiger partial charge in [-0.1, -0.05) is 78.9 Å². The first-order valence-corrected chi connectivity index (χ1v) is 9.15. The van der Waals surface area contributed by atoms with Gasteiger partial charge in [-0.25, -0.2) is 0 Å². The zero-order chi connectivity index (χ0) is 19.3. The Morgan fingerprint density at radius 3 is 2.50 bits per heavy atom. The molecular weight excluding hydrogens is 350 g/mol. The minimum absolute atomic E-state index is 0.0259. The molecule has 2 aromatic rings. The topological polar surface area (TPSA) is 70.9 Å². The van der Waals surface area contributed by atoms with Crippen LogP contribution in [0, 0.1) is 5.92 Å². The summed E-state index contributed by atoms with van der Waals surface area (Å²) in [4.78, 5) is 24.1. The van der Waals surface area contributed by atoms with E-state index in [1.54, 1.807) is 0 Å². The van der Waals surface area contributed by atoms with Gasteiger partial charge in [0.1, 0.15) is 0 Å². The summed E-state index contributed by atoms with van der Waals surface area (Å²) < 4.78 is 0. The second-order valence-corrected chi connectivity index (χ2v) is 6.70. The lowest BCUT2D eigenvalue weighted by atomic mass is 9.89. The molecule has 138 valence electrons. The van der Waals surface area contributed by atoms with Crippen molar-refractivity contribution in [1.29, 1.82) is 0 Å². The first-order valence-electron chi connectivity index (χ1n) is 9.15. The van der Waals surface area contributed by atoms with Crippen molar-refractivity contribution in [2.75, 3.05) is 0 Å². The van der Waals surface area contributed by atoms with E-state index in [0.29, 0.717) is 18.7 Å². The van der Waals surface area contributed by atoms with Crippen molar-refractivity contribution in [3.63, 3.8) is 0 Å². The summed E-state index contributed by atoms with van der Waals surface area (Å²) in [5.41, 5.74) is 4.42. The van der Waals surface area contributed by atoms with Crippen LogP contribution in [0.25, 0.3) is 5.70 Å². The quantitative estimate of drug-likeness (QED) is 0.866. The monoisotopic (exact) mass is 369 g/mol. The third-order valence-corrected chi connectivity index (χ3v) is 4.74. The van der Waals surface area contributed by atoms with Gasteiger partial charge in [-0.2, -0.15) is 0 Å². The molecule has 0 saturated heterocycles. The Kier molecular flexibility index (Phi) is 5.06. The summed E-state index contributed by atoms with van der Waals surface area (Å²) >= 11 is 0. The third kappa shape index (κ3) is 3.88. The number of nitrogens with one attached hydrogen (secondary N) is 1. The van der Waals surface area contributed by atoms with Gasteiger partial charge in [0.25, 0.3) is 5.91 Å². The highest BCUT2D eigenvalue weighted by atomic mass is 16.2. The molecule has 0 aromatic heterocycles. The molecule has 1 heterocycles. The standard InChI is InChI=1S/C23H19N3O2/c27-21(24-15-17-6-2-1-3-7-17)14-16-10-12-18(13-11-16)22-19-8-4-5-9-20(19)23(28)26-25-22/h1-13,20H,14-15H2,(H,24,27). The number of nitrogens with zero attached hydrogens (tertiary/aromatic N) is 2. The third-order valence-electron chi connectivity index (χ3n) is 4.74. The molecule has 0 fully saturated rings. The molecule has 5 nitrogen and oxygen atoms in total. The van der Waals surface area contributed by atoms with E-state index in [2.05, 4.69) is 15.5 Å². The van der Waals surface area contributed by atoms with Gasteiger partial charge in [-0.05, 0) is 16.7 Å². The van der Waals surface area contributed by atoms with Crippen LogP contribution >= 0.6 is 0 Å². The maximum Gasteiger partial charge on any atom is 0.276 e. The number of hydrogen-bond acceptors (Lipinski definition) is 3. The number of benzene rings is 2. The predicted molar refractivity (Wildman–Crippen MR) is 107 cm³/mol. The van der Waals surface area contributed by atoms with Crippen molar-refractivity contribution in [1.82, 2.24) is 5.32 Å². The Labute approximate surface area is 163 Å². The van der Waals surface area contributed by atoms with E-state index in [9.17, 15) is 9.59 Å². The minimum Gasteiger partial charge on any atom is -0.352 e. The number of carbonyl (C=O) groups is 2. The maximum absolute atomic E-state index is 12.2. The van der Waals surface area contributed by atoms with E-state index in [-0.39, 0.29) is 17.7 Å². The SMILES string of the molecule is O=C(Cc1ccc(C2=C3C=CC=CC3C(=O)N=N2)cc1)NCc1ccccc1. The fraction of sp³-hybridized carbons (Fsp3) is 0.130. The van der Waals surface area contributed by atoms with E-state index in [4.69, 9.17) is 0 Å². The van der Waals surface area contributed by atoms with Crippen LogP contribution in [-0.4, -0.2) is 11.8 Å². The predicted octanol–water partition coefficient (Wildman–Crippen LogP) is 3.99. The van der Waals surface area contributed by atoms with Crippen molar-refractivity contribution in [3.05, 3.63) is 101 Å². The molecule has 5 heteroatoms. The van der Waals surface area contributed by atoms with Crippen LogP contribution in [0.4, 0.5) is 0 Å². The smallest absolute Gasteiger partial charge is 0.276 e. The summed E-state index contributed by atoms with van der Waals surface area (Å²) in [6, 6.07) is 17.5. The van der Waals surface area contributed by atoms with Gasteiger partial charge in [0, 0.05) is 12.1 Å². The van der Waals surface area contributed by atoms with Crippen LogP contribution in [0.1, 0.15) is 16.7 Å². The number of amides is 2. The molecule has 1 aliphatic carbocycles. The van der Waals surface area contributed by atoms with Crippen molar-refractivity contribution in [2.24, 2.45) is 16.1 Å². The Hall–Kier alpha value is -3.60. The Morgan fingerprint density at radius 1 is 0.929 bits per heavy atom. The normalized spacial score (nSPS) is 17.6. The fourth-order valence-electron chi connectivity index (χ4n) is 3.25. The highest BCUT2D eigenvalue weighted by Gasteiger charge is 2.27. The Morgan fingerprint density at radius 2 is 1.71 bits per heavy atom. The number of fused-ring (bicyclic) bond motifs is 1. The molecule has 2 amide bonds. The summed E-state index contributed by atoms with van der Waals surface area (Å²) in [5.74, 6) is -0.631. The van der Waals surface area contributed by atoms with Crippen LogP contribution in [0.2, 0.25) is 0 Å². The summed E-state index contributed by atoms with van der Waals surface area (Å²) in [6.45, 7) is 0.518. The van der Waals surface area contributed by atoms with Gasteiger partial charge in [-0.15, -0.1) is 10.2 Å². The molecule has 0 saturated carbocycles. The van der Waals surface area contributed by atoms with Crippen molar-refractivity contribution in [3.8, 4) is 0 Å². The lowest BCUT2D eigenvalue weighted by Crippen LogP contribution is -2.24. The Bertz CT molecular complexity index is 1020. The number of hydrogen-bond donors (Lipinski definition) is 1. The minimum atomic E-state index is -0.360. The average Bonchev–Trinajstić information content (AvgIpc) is 2.74. The molecule has 0 radical (unpaired) electrons. The molecule has 2 aromatic carbocycles. The van der Waals surface area contributed by atoms with Gasteiger partial charge in [0.05, 0.1) is 18.0 Å². The largest absolute Gasteiger partial charge is 0.352 e. The average molecular weight is 369 g/mol. The number of rotatable bonds is 5. The van der Waals surface area contributed by atoms with Crippen LogP contribution in [0.15, 0.2) is 94.7 Å². The molecule has 1 aliphatic heterocycles. The lowest BCUT2D eigenvalue weighted by molar-refractivity contribution is -0.121. The highest BCUT2D eigenvalue weighted by molar-refractivity contribution is 5.91. The summed E-state index contributed by atoms with van der Waals surface area (Å²) in [7, 11) is 0.